The number of rotatable bonds is 6. The van der Waals surface area contributed by atoms with E-state index in [1.54, 1.807) is 0 Å². The average Bonchev–Trinajstić information content (AvgIpc) is 3.08. The molecule has 1 aliphatic rings. The molecule has 1 saturated heterocycles. The van der Waals surface area contributed by atoms with Crippen molar-refractivity contribution < 1.29 is 9.52 Å². The van der Waals surface area contributed by atoms with E-state index in [0.717, 1.165) is 49.6 Å². The number of anilines is 2. The Hall–Kier alpha value is -1.94. The van der Waals surface area contributed by atoms with Gasteiger partial charge >= 0.3 is 0 Å². The highest BCUT2D eigenvalue weighted by atomic mass is 16.3. The lowest BCUT2D eigenvalue weighted by atomic mass is 9.97. The molecule has 2 N–H and O–H groups in total. The number of piperidine rings is 1. The standard InChI is InChI=1S/C19H26N2O2/c1-2-16-7-8-17(23-16)13-20-18-5-3-4-6-19(18)21-11-9-15(14-22)10-12-21/h3-8,15,20,22H,2,9-14H2,1H3. The summed E-state index contributed by atoms with van der Waals surface area (Å²) in [6.45, 7) is 5.12. The van der Waals surface area contributed by atoms with Crippen LogP contribution in [0.15, 0.2) is 40.8 Å². The van der Waals surface area contributed by atoms with Gasteiger partial charge in [0.05, 0.1) is 17.9 Å². The fraction of sp³-hybridized carbons (Fsp3) is 0.474. The van der Waals surface area contributed by atoms with Gasteiger partial charge in [0.1, 0.15) is 11.5 Å². The van der Waals surface area contributed by atoms with E-state index in [1.807, 2.05) is 12.1 Å². The number of aliphatic hydroxyl groups excluding tert-OH is 1. The van der Waals surface area contributed by atoms with Gasteiger partial charge in [-0.3, -0.25) is 0 Å². The van der Waals surface area contributed by atoms with Gasteiger partial charge in [-0.2, -0.15) is 0 Å². The Morgan fingerprint density at radius 3 is 2.57 bits per heavy atom. The zero-order chi connectivity index (χ0) is 16.1. The Morgan fingerprint density at radius 2 is 1.87 bits per heavy atom. The first-order valence-corrected chi connectivity index (χ1v) is 8.56. The summed E-state index contributed by atoms with van der Waals surface area (Å²) in [6, 6.07) is 12.5. The number of nitrogens with zero attached hydrogens (tertiary/aromatic N) is 1. The molecule has 0 saturated carbocycles. The Bertz CT molecular complexity index is 615. The number of aryl methyl sites for hydroxylation is 1. The van der Waals surface area contributed by atoms with Crippen molar-refractivity contribution in [3.63, 3.8) is 0 Å². The van der Waals surface area contributed by atoms with E-state index < -0.39 is 0 Å². The molecule has 23 heavy (non-hydrogen) atoms. The molecule has 1 aromatic heterocycles. The zero-order valence-electron chi connectivity index (χ0n) is 13.8. The summed E-state index contributed by atoms with van der Waals surface area (Å²) in [6.07, 6.45) is 3.04. The highest BCUT2D eigenvalue weighted by Gasteiger charge is 2.20. The third-order valence-electron chi connectivity index (χ3n) is 4.64. The summed E-state index contributed by atoms with van der Waals surface area (Å²) < 4.78 is 5.76. The molecule has 0 radical (unpaired) electrons. The van der Waals surface area contributed by atoms with Crippen molar-refractivity contribution in [3.8, 4) is 0 Å². The maximum absolute atomic E-state index is 9.29. The largest absolute Gasteiger partial charge is 0.464 e. The normalized spacial score (nSPS) is 15.8. The van der Waals surface area contributed by atoms with Gasteiger partial charge in [0.25, 0.3) is 0 Å². The summed E-state index contributed by atoms with van der Waals surface area (Å²) >= 11 is 0. The van der Waals surface area contributed by atoms with Crippen LogP contribution in [0, 0.1) is 5.92 Å². The Labute approximate surface area is 138 Å². The first kappa shape index (κ1) is 15.9. The molecule has 0 aliphatic carbocycles. The van der Waals surface area contributed by atoms with Crippen LogP contribution < -0.4 is 10.2 Å². The van der Waals surface area contributed by atoms with Crippen molar-refractivity contribution in [1.82, 2.24) is 0 Å². The number of hydrogen-bond donors (Lipinski definition) is 2. The van der Waals surface area contributed by atoms with Crippen molar-refractivity contribution in [2.24, 2.45) is 5.92 Å². The number of benzene rings is 1. The lowest BCUT2D eigenvalue weighted by Gasteiger charge is -2.34. The minimum atomic E-state index is 0.312. The van der Waals surface area contributed by atoms with Crippen LogP contribution in [-0.4, -0.2) is 24.8 Å². The van der Waals surface area contributed by atoms with E-state index >= 15 is 0 Å². The monoisotopic (exact) mass is 314 g/mol. The average molecular weight is 314 g/mol. The van der Waals surface area contributed by atoms with Crippen LogP contribution >= 0.6 is 0 Å². The summed E-state index contributed by atoms with van der Waals surface area (Å²) in [5.74, 6) is 2.46. The molecule has 2 aromatic rings. The fourth-order valence-corrected chi connectivity index (χ4v) is 3.15. The van der Waals surface area contributed by atoms with Gasteiger partial charge in [0, 0.05) is 26.1 Å². The molecular weight excluding hydrogens is 288 g/mol. The minimum Gasteiger partial charge on any atom is -0.464 e. The van der Waals surface area contributed by atoms with Crippen LogP contribution in [0.3, 0.4) is 0 Å². The van der Waals surface area contributed by atoms with E-state index in [1.165, 1.54) is 5.69 Å². The van der Waals surface area contributed by atoms with Crippen LogP contribution in [0.5, 0.6) is 0 Å². The third kappa shape index (κ3) is 3.88. The van der Waals surface area contributed by atoms with Gasteiger partial charge in [0.15, 0.2) is 0 Å². The molecular formula is C19H26N2O2. The topological polar surface area (TPSA) is 48.6 Å². The van der Waals surface area contributed by atoms with E-state index in [2.05, 4.69) is 41.4 Å². The summed E-state index contributed by atoms with van der Waals surface area (Å²) in [4.78, 5) is 2.41. The quantitative estimate of drug-likeness (QED) is 0.854. The number of nitrogens with one attached hydrogen (secondary N) is 1. The molecule has 3 rings (SSSR count). The van der Waals surface area contributed by atoms with Crippen LogP contribution in [0.1, 0.15) is 31.3 Å². The van der Waals surface area contributed by atoms with Crippen molar-refractivity contribution in [2.75, 3.05) is 29.9 Å². The Balaban J connectivity index is 1.66. The van der Waals surface area contributed by atoms with Gasteiger partial charge < -0.3 is 19.7 Å². The molecule has 4 heteroatoms. The lowest BCUT2D eigenvalue weighted by molar-refractivity contribution is 0.203. The number of hydrogen-bond acceptors (Lipinski definition) is 4. The molecule has 4 nitrogen and oxygen atoms in total. The first-order chi connectivity index (χ1) is 11.3. The minimum absolute atomic E-state index is 0.312. The summed E-state index contributed by atoms with van der Waals surface area (Å²) in [5.41, 5.74) is 2.38. The molecule has 124 valence electrons. The van der Waals surface area contributed by atoms with Gasteiger partial charge in [-0.25, -0.2) is 0 Å². The van der Waals surface area contributed by atoms with Crippen molar-refractivity contribution in [1.29, 1.82) is 0 Å². The Kier molecular flexibility index (Phi) is 5.23. The number of furan rings is 1. The van der Waals surface area contributed by atoms with Crippen molar-refractivity contribution in [3.05, 3.63) is 47.9 Å². The second-order valence-corrected chi connectivity index (χ2v) is 6.21. The third-order valence-corrected chi connectivity index (χ3v) is 4.64. The molecule has 0 atom stereocenters. The number of aliphatic hydroxyl groups is 1. The van der Waals surface area contributed by atoms with Gasteiger partial charge in [-0.15, -0.1) is 0 Å². The fourth-order valence-electron chi connectivity index (χ4n) is 3.15. The second kappa shape index (κ2) is 7.55. The van der Waals surface area contributed by atoms with Gasteiger partial charge in [0.2, 0.25) is 0 Å². The molecule has 0 bridgehead atoms. The van der Waals surface area contributed by atoms with Crippen LogP contribution in [0.25, 0.3) is 0 Å². The van der Waals surface area contributed by atoms with E-state index in [-0.39, 0.29) is 0 Å². The predicted octanol–water partition coefficient (Wildman–Crippen LogP) is 3.66. The SMILES string of the molecule is CCc1ccc(CNc2ccccc2N2CCC(CO)CC2)o1. The zero-order valence-corrected chi connectivity index (χ0v) is 13.8. The highest BCUT2D eigenvalue weighted by molar-refractivity contribution is 5.70. The van der Waals surface area contributed by atoms with E-state index in [9.17, 15) is 5.11 Å². The number of para-hydroxylation sites is 2. The Morgan fingerprint density at radius 1 is 1.13 bits per heavy atom. The molecule has 0 spiro atoms. The second-order valence-electron chi connectivity index (χ2n) is 6.21. The maximum atomic E-state index is 9.29. The van der Waals surface area contributed by atoms with Crippen molar-refractivity contribution >= 4 is 11.4 Å². The molecule has 1 fully saturated rings. The lowest BCUT2D eigenvalue weighted by Crippen LogP contribution is -2.35. The van der Waals surface area contributed by atoms with Gasteiger partial charge in [-0.1, -0.05) is 19.1 Å². The molecule has 1 aromatic carbocycles. The molecule has 1 aliphatic heterocycles. The van der Waals surface area contributed by atoms with E-state index in [4.69, 9.17) is 4.42 Å². The van der Waals surface area contributed by atoms with Crippen LogP contribution in [-0.2, 0) is 13.0 Å². The van der Waals surface area contributed by atoms with E-state index in [0.29, 0.717) is 19.1 Å². The molecule has 0 unspecified atom stereocenters. The molecule has 2 heterocycles. The smallest absolute Gasteiger partial charge is 0.123 e. The van der Waals surface area contributed by atoms with Crippen LogP contribution in [0.4, 0.5) is 11.4 Å². The van der Waals surface area contributed by atoms with Crippen molar-refractivity contribution in [2.45, 2.75) is 32.7 Å². The first-order valence-electron chi connectivity index (χ1n) is 8.56. The van der Waals surface area contributed by atoms with Crippen LogP contribution in [0.2, 0.25) is 0 Å². The maximum Gasteiger partial charge on any atom is 0.123 e. The van der Waals surface area contributed by atoms with Gasteiger partial charge in [-0.05, 0) is 43.0 Å². The molecule has 0 amide bonds. The summed E-state index contributed by atoms with van der Waals surface area (Å²) in [5, 5.41) is 12.8. The summed E-state index contributed by atoms with van der Waals surface area (Å²) in [7, 11) is 0. The highest BCUT2D eigenvalue weighted by Crippen LogP contribution is 2.30. The predicted molar refractivity (Wildman–Crippen MR) is 93.9 cm³/mol.